The maximum Gasteiger partial charge on any atom is 0.416 e. The van der Waals surface area contributed by atoms with Crippen LogP contribution in [0.3, 0.4) is 0 Å². The minimum Gasteiger partial charge on any atom is -0.493 e. The van der Waals surface area contributed by atoms with Crippen LogP contribution in [0, 0.1) is 0 Å². The average Bonchev–Trinajstić information content (AvgIpc) is 3.27. The van der Waals surface area contributed by atoms with Gasteiger partial charge in [-0.1, -0.05) is 45.0 Å². The van der Waals surface area contributed by atoms with E-state index < -0.39 is 30.2 Å². The van der Waals surface area contributed by atoms with Crippen molar-refractivity contribution in [3.05, 3.63) is 94.7 Å². The number of alkyl halides is 3. The fraction of sp³-hybridized carbons (Fsp3) is 0.233. The first kappa shape index (κ1) is 28.4. The van der Waals surface area contributed by atoms with Crippen molar-refractivity contribution in [3.8, 4) is 11.5 Å². The number of hydrogen-bond acceptors (Lipinski definition) is 6. The predicted molar refractivity (Wildman–Crippen MR) is 144 cm³/mol. The number of esters is 1. The summed E-state index contributed by atoms with van der Waals surface area (Å²) in [7, 11) is 1.41. The third-order valence-electron chi connectivity index (χ3n) is 5.94. The molecule has 0 saturated carbocycles. The summed E-state index contributed by atoms with van der Waals surface area (Å²) in [6, 6.07) is 16.7. The van der Waals surface area contributed by atoms with E-state index in [2.05, 4.69) is 31.1 Å². The Kier molecular flexibility index (Phi) is 7.99. The molecule has 10 heteroatoms. The van der Waals surface area contributed by atoms with Crippen LogP contribution in [0.2, 0.25) is 0 Å². The SMILES string of the molecule is COc1cc(C=C2N=C(c3ccc(C(C)(C)C)cc3)OC2=O)ccc1OCC(=O)Nc1cccc(C(F)(F)F)c1. The van der Waals surface area contributed by atoms with Crippen LogP contribution < -0.4 is 14.8 Å². The summed E-state index contributed by atoms with van der Waals surface area (Å²) in [5.74, 6) is -0.551. The predicted octanol–water partition coefficient (Wildman–Crippen LogP) is 6.37. The molecule has 0 bridgehead atoms. The third-order valence-corrected chi connectivity index (χ3v) is 5.94. The molecular weight excluding hydrogens is 525 g/mol. The number of aliphatic imine (C=N–C) groups is 1. The third kappa shape index (κ3) is 6.88. The zero-order valence-corrected chi connectivity index (χ0v) is 22.3. The van der Waals surface area contributed by atoms with E-state index in [-0.39, 0.29) is 34.2 Å². The molecule has 3 aromatic carbocycles. The van der Waals surface area contributed by atoms with Crippen LogP contribution in [0.1, 0.15) is 43.0 Å². The van der Waals surface area contributed by atoms with E-state index in [9.17, 15) is 22.8 Å². The molecule has 1 amide bonds. The number of anilines is 1. The van der Waals surface area contributed by atoms with Crippen molar-refractivity contribution in [1.29, 1.82) is 0 Å². The van der Waals surface area contributed by atoms with Gasteiger partial charge in [-0.05, 0) is 65.1 Å². The van der Waals surface area contributed by atoms with Crippen molar-refractivity contribution < 1.29 is 37.0 Å². The zero-order valence-electron chi connectivity index (χ0n) is 22.3. The number of cyclic esters (lactones) is 1. The lowest BCUT2D eigenvalue weighted by atomic mass is 9.87. The lowest BCUT2D eigenvalue weighted by Crippen LogP contribution is -2.20. The Balaban J connectivity index is 1.43. The molecule has 0 aliphatic carbocycles. The second-order valence-corrected chi connectivity index (χ2v) is 9.99. The van der Waals surface area contributed by atoms with Crippen molar-refractivity contribution in [3.63, 3.8) is 0 Å². The Morgan fingerprint density at radius 1 is 0.975 bits per heavy atom. The summed E-state index contributed by atoms with van der Waals surface area (Å²) in [6.45, 7) is 5.85. The molecule has 208 valence electrons. The highest BCUT2D eigenvalue weighted by Crippen LogP contribution is 2.32. The number of amides is 1. The Bertz CT molecular complexity index is 1490. The highest BCUT2D eigenvalue weighted by atomic mass is 19.4. The number of nitrogens with one attached hydrogen (secondary N) is 1. The molecule has 1 heterocycles. The van der Waals surface area contributed by atoms with Crippen LogP contribution >= 0.6 is 0 Å². The Hall–Kier alpha value is -4.60. The molecule has 0 unspecified atom stereocenters. The molecule has 3 aromatic rings. The van der Waals surface area contributed by atoms with Crippen molar-refractivity contribution in [2.45, 2.75) is 32.4 Å². The number of carbonyl (C=O) groups excluding carboxylic acids is 2. The maximum absolute atomic E-state index is 12.9. The van der Waals surface area contributed by atoms with Gasteiger partial charge in [0.2, 0.25) is 5.90 Å². The molecule has 0 atom stereocenters. The molecule has 7 nitrogen and oxygen atoms in total. The smallest absolute Gasteiger partial charge is 0.416 e. The number of carbonyl (C=O) groups is 2. The van der Waals surface area contributed by atoms with Gasteiger partial charge < -0.3 is 19.5 Å². The van der Waals surface area contributed by atoms with Crippen molar-refractivity contribution in [2.24, 2.45) is 4.99 Å². The normalized spacial score (nSPS) is 14.5. The summed E-state index contributed by atoms with van der Waals surface area (Å²) in [5, 5.41) is 2.37. The van der Waals surface area contributed by atoms with E-state index in [0.717, 1.165) is 17.7 Å². The van der Waals surface area contributed by atoms with Gasteiger partial charge in [0.05, 0.1) is 12.7 Å². The molecule has 1 N–H and O–H groups in total. The number of methoxy groups -OCH3 is 1. The molecule has 1 aliphatic rings. The Morgan fingerprint density at radius 3 is 2.35 bits per heavy atom. The van der Waals surface area contributed by atoms with Gasteiger partial charge in [0.25, 0.3) is 5.91 Å². The summed E-state index contributed by atoms with van der Waals surface area (Å²) in [6.07, 6.45) is -2.99. The van der Waals surface area contributed by atoms with Gasteiger partial charge in [-0.25, -0.2) is 9.79 Å². The van der Waals surface area contributed by atoms with Crippen LogP contribution in [-0.2, 0) is 25.9 Å². The van der Waals surface area contributed by atoms with Gasteiger partial charge in [0.15, 0.2) is 23.8 Å². The first-order chi connectivity index (χ1) is 18.8. The molecule has 0 spiro atoms. The maximum atomic E-state index is 12.9. The van der Waals surface area contributed by atoms with Crippen LogP contribution in [0.4, 0.5) is 18.9 Å². The van der Waals surface area contributed by atoms with Crippen LogP contribution in [0.15, 0.2) is 77.4 Å². The molecule has 0 radical (unpaired) electrons. The van der Waals surface area contributed by atoms with E-state index in [4.69, 9.17) is 14.2 Å². The molecule has 4 rings (SSSR count). The fourth-order valence-electron chi connectivity index (χ4n) is 3.81. The standard InChI is InChI=1S/C30H27F3N2O5/c1-29(2,3)20-11-9-19(10-12-20)27-35-23(28(37)40-27)14-18-8-13-24(25(15-18)38-4)39-17-26(36)34-22-7-5-6-21(16-22)30(31,32)33/h5-16H,17H2,1-4H3,(H,34,36). The summed E-state index contributed by atoms with van der Waals surface area (Å²) in [5.41, 5.74) is 1.58. The fourth-order valence-corrected chi connectivity index (χ4v) is 3.81. The first-order valence-corrected chi connectivity index (χ1v) is 12.2. The monoisotopic (exact) mass is 552 g/mol. The lowest BCUT2D eigenvalue weighted by molar-refractivity contribution is -0.137. The molecule has 1 aliphatic heterocycles. The first-order valence-electron chi connectivity index (χ1n) is 12.2. The van der Waals surface area contributed by atoms with E-state index >= 15 is 0 Å². The van der Waals surface area contributed by atoms with Gasteiger partial charge in [-0.15, -0.1) is 0 Å². The van der Waals surface area contributed by atoms with Gasteiger partial charge in [0, 0.05) is 11.3 Å². The van der Waals surface area contributed by atoms with E-state index in [1.807, 2.05) is 24.3 Å². The molecular formula is C30H27F3N2O5. The van der Waals surface area contributed by atoms with E-state index in [0.29, 0.717) is 11.1 Å². The molecule has 40 heavy (non-hydrogen) atoms. The number of benzene rings is 3. The van der Waals surface area contributed by atoms with E-state index in [1.165, 1.54) is 25.3 Å². The van der Waals surface area contributed by atoms with Crippen molar-refractivity contribution in [2.75, 3.05) is 19.0 Å². The quantitative estimate of drug-likeness (QED) is 0.272. The van der Waals surface area contributed by atoms with Crippen molar-refractivity contribution in [1.82, 2.24) is 0 Å². The Labute approximate surface area is 229 Å². The minimum atomic E-state index is -4.53. The molecule has 0 fully saturated rings. The zero-order chi connectivity index (χ0) is 29.1. The van der Waals surface area contributed by atoms with E-state index in [1.54, 1.807) is 18.2 Å². The number of rotatable bonds is 7. The molecule has 0 aromatic heterocycles. The average molecular weight is 553 g/mol. The second-order valence-electron chi connectivity index (χ2n) is 9.99. The van der Waals surface area contributed by atoms with Crippen LogP contribution in [-0.4, -0.2) is 31.5 Å². The Morgan fingerprint density at radius 2 is 1.70 bits per heavy atom. The highest BCUT2D eigenvalue weighted by molar-refractivity contribution is 6.12. The van der Waals surface area contributed by atoms with Gasteiger partial charge in [0.1, 0.15) is 0 Å². The minimum absolute atomic E-state index is 0.00844. The number of halogens is 3. The molecule has 0 saturated heterocycles. The lowest BCUT2D eigenvalue weighted by Gasteiger charge is -2.18. The second kappa shape index (κ2) is 11.3. The topological polar surface area (TPSA) is 86.2 Å². The number of ether oxygens (including phenoxy) is 3. The van der Waals surface area contributed by atoms with Crippen LogP contribution in [0.25, 0.3) is 6.08 Å². The number of hydrogen-bond donors (Lipinski definition) is 1. The number of nitrogens with zero attached hydrogens (tertiary/aromatic N) is 1. The summed E-state index contributed by atoms with van der Waals surface area (Å²) in [4.78, 5) is 29.0. The van der Waals surface area contributed by atoms with Gasteiger partial charge >= 0.3 is 12.1 Å². The van der Waals surface area contributed by atoms with Gasteiger partial charge in [-0.2, -0.15) is 13.2 Å². The van der Waals surface area contributed by atoms with Crippen molar-refractivity contribution >= 4 is 29.5 Å². The largest absolute Gasteiger partial charge is 0.493 e. The van der Waals surface area contributed by atoms with Gasteiger partial charge in [-0.3, -0.25) is 4.79 Å². The highest BCUT2D eigenvalue weighted by Gasteiger charge is 2.30. The summed E-state index contributed by atoms with van der Waals surface area (Å²) < 4.78 is 54.9. The summed E-state index contributed by atoms with van der Waals surface area (Å²) >= 11 is 0. The van der Waals surface area contributed by atoms with Crippen LogP contribution in [0.5, 0.6) is 11.5 Å².